The fraction of sp³-hybridized carbons (Fsp3) is 0.500. The Kier molecular flexibility index (Phi) is 5.72. The van der Waals surface area contributed by atoms with Crippen LogP contribution in [-0.4, -0.2) is 42.1 Å². The summed E-state index contributed by atoms with van der Waals surface area (Å²) in [6, 6.07) is 7.37. The van der Waals surface area contributed by atoms with Gasteiger partial charge in [0.15, 0.2) is 0 Å². The van der Waals surface area contributed by atoms with Crippen LogP contribution in [0.3, 0.4) is 0 Å². The molecule has 0 atom stereocenters. The van der Waals surface area contributed by atoms with E-state index in [-0.39, 0.29) is 12.5 Å². The number of hydrogen-bond acceptors (Lipinski definition) is 4. The Labute approximate surface area is 127 Å². The van der Waals surface area contributed by atoms with Gasteiger partial charge in [-0.05, 0) is 37.1 Å². The minimum absolute atomic E-state index is 0.0479. The van der Waals surface area contributed by atoms with E-state index in [4.69, 9.17) is 16.3 Å². The molecule has 0 bridgehead atoms. The van der Waals surface area contributed by atoms with Crippen LogP contribution in [0.15, 0.2) is 29.2 Å². The number of halogens is 1. The van der Waals surface area contributed by atoms with E-state index in [1.54, 1.807) is 12.1 Å². The average Bonchev–Trinajstić information content (AvgIpc) is 2.47. The van der Waals surface area contributed by atoms with Crippen molar-refractivity contribution in [1.82, 2.24) is 5.32 Å². The summed E-state index contributed by atoms with van der Waals surface area (Å²) in [5, 5.41) is 13.1. The highest BCUT2D eigenvalue weighted by molar-refractivity contribution is 8.00. The summed E-state index contributed by atoms with van der Waals surface area (Å²) in [5.74, 6) is 0.255. The Balaban J connectivity index is 1.83. The van der Waals surface area contributed by atoms with Gasteiger partial charge in [-0.1, -0.05) is 11.6 Å². The van der Waals surface area contributed by atoms with Crippen molar-refractivity contribution >= 4 is 29.3 Å². The highest BCUT2D eigenvalue weighted by Gasteiger charge is 2.33. The van der Waals surface area contributed by atoms with Crippen LogP contribution in [0.1, 0.15) is 12.8 Å². The molecule has 110 valence electrons. The highest BCUT2D eigenvalue weighted by Crippen LogP contribution is 2.22. The zero-order valence-corrected chi connectivity index (χ0v) is 12.7. The molecule has 6 heteroatoms. The molecule has 4 nitrogen and oxygen atoms in total. The van der Waals surface area contributed by atoms with Crippen LogP contribution in [0.25, 0.3) is 0 Å². The van der Waals surface area contributed by atoms with Gasteiger partial charge in [0.25, 0.3) is 0 Å². The van der Waals surface area contributed by atoms with Gasteiger partial charge in [0.1, 0.15) is 0 Å². The molecule has 1 aromatic carbocycles. The van der Waals surface area contributed by atoms with E-state index < -0.39 is 5.54 Å². The third kappa shape index (κ3) is 4.38. The van der Waals surface area contributed by atoms with Crippen molar-refractivity contribution in [1.29, 1.82) is 0 Å². The van der Waals surface area contributed by atoms with Crippen LogP contribution in [-0.2, 0) is 9.53 Å². The van der Waals surface area contributed by atoms with Gasteiger partial charge >= 0.3 is 0 Å². The van der Waals surface area contributed by atoms with Crippen molar-refractivity contribution in [2.24, 2.45) is 0 Å². The minimum Gasteiger partial charge on any atom is -0.394 e. The minimum atomic E-state index is -0.518. The maximum Gasteiger partial charge on any atom is 0.230 e. The van der Waals surface area contributed by atoms with E-state index in [1.165, 1.54) is 11.8 Å². The van der Waals surface area contributed by atoms with Crippen LogP contribution < -0.4 is 5.32 Å². The average molecular weight is 316 g/mol. The molecule has 0 aliphatic carbocycles. The van der Waals surface area contributed by atoms with Gasteiger partial charge in [-0.25, -0.2) is 0 Å². The van der Waals surface area contributed by atoms with E-state index >= 15 is 0 Å². The number of nitrogens with one attached hydrogen (secondary N) is 1. The highest BCUT2D eigenvalue weighted by atomic mass is 35.5. The van der Waals surface area contributed by atoms with E-state index in [1.807, 2.05) is 12.1 Å². The molecule has 1 aliphatic heterocycles. The first kappa shape index (κ1) is 15.6. The molecule has 1 amide bonds. The van der Waals surface area contributed by atoms with E-state index in [0.29, 0.717) is 36.8 Å². The van der Waals surface area contributed by atoms with Crippen molar-refractivity contribution in [2.45, 2.75) is 23.3 Å². The summed E-state index contributed by atoms with van der Waals surface area (Å²) in [7, 11) is 0. The lowest BCUT2D eigenvalue weighted by Gasteiger charge is -2.36. The second-order valence-corrected chi connectivity index (χ2v) is 6.33. The zero-order valence-electron chi connectivity index (χ0n) is 11.1. The van der Waals surface area contributed by atoms with Gasteiger partial charge in [-0.3, -0.25) is 4.79 Å². The number of carbonyl (C=O) groups excluding carboxylic acids is 1. The number of hydrogen-bond donors (Lipinski definition) is 2. The second kappa shape index (κ2) is 7.31. The SMILES string of the molecule is O=C(CSc1ccc(Cl)cc1)NC1(CO)CCOCC1. The summed E-state index contributed by atoms with van der Waals surface area (Å²) < 4.78 is 5.27. The Hall–Kier alpha value is -0.750. The fourth-order valence-corrected chi connectivity index (χ4v) is 2.92. The Bertz CT molecular complexity index is 446. The summed E-state index contributed by atoms with van der Waals surface area (Å²) in [6.45, 7) is 1.10. The number of thioether (sulfide) groups is 1. The maximum atomic E-state index is 12.0. The molecule has 1 aromatic rings. The van der Waals surface area contributed by atoms with Crippen LogP contribution in [0.4, 0.5) is 0 Å². The molecule has 2 rings (SSSR count). The molecule has 2 N–H and O–H groups in total. The number of amides is 1. The second-order valence-electron chi connectivity index (χ2n) is 4.84. The predicted octanol–water partition coefficient (Wildman–Crippen LogP) is 2.09. The van der Waals surface area contributed by atoms with Gasteiger partial charge in [-0.15, -0.1) is 11.8 Å². The normalized spacial score (nSPS) is 17.7. The monoisotopic (exact) mass is 315 g/mol. The molecule has 1 saturated heterocycles. The lowest BCUT2D eigenvalue weighted by molar-refractivity contribution is -0.122. The third-order valence-corrected chi connectivity index (χ3v) is 4.60. The summed E-state index contributed by atoms with van der Waals surface area (Å²) in [6.07, 6.45) is 1.31. The third-order valence-electron chi connectivity index (χ3n) is 3.34. The summed E-state index contributed by atoms with van der Waals surface area (Å²) >= 11 is 7.26. The van der Waals surface area contributed by atoms with Crippen molar-refractivity contribution in [3.63, 3.8) is 0 Å². The number of benzene rings is 1. The lowest BCUT2D eigenvalue weighted by Crippen LogP contribution is -2.55. The van der Waals surface area contributed by atoms with Crippen molar-refractivity contribution in [3.8, 4) is 0 Å². The molecule has 0 radical (unpaired) electrons. The van der Waals surface area contributed by atoms with Gasteiger partial charge in [-0.2, -0.15) is 0 Å². The van der Waals surface area contributed by atoms with Crippen LogP contribution in [0, 0.1) is 0 Å². The van der Waals surface area contributed by atoms with Crippen LogP contribution in [0.5, 0.6) is 0 Å². The van der Waals surface area contributed by atoms with Gasteiger partial charge in [0, 0.05) is 23.1 Å². The Morgan fingerprint density at radius 3 is 2.60 bits per heavy atom. The van der Waals surface area contributed by atoms with Crippen molar-refractivity contribution < 1.29 is 14.6 Å². The molecule has 0 spiro atoms. The maximum absolute atomic E-state index is 12.0. The number of aliphatic hydroxyl groups excluding tert-OH is 1. The Morgan fingerprint density at radius 1 is 1.35 bits per heavy atom. The predicted molar refractivity (Wildman–Crippen MR) is 80.2 cm³/mol. The van der Waals surface area contributed by atoms with Crippen molar-refractivity contribution in [2.75, 3.05) is 25.6 Å². The van der Waals surface area contributed by atoms with Crippen LogP contribution in [0.2, 0.25) is 5.02 Å². The van der Waals surface area contributed by atoms with Gasteiger partial charge < -0.3 is 15.2 Å². The smallest absolute Gasteiger partial charge is 0.230 e. The van der Waals surface area contributed by atoms with E-state index in [0.717, 1.165) is 4.90 Å². The number of aliphatic hydroxyl groups is 1. The van der Waals surface area contributed by atoms with Gasteiger partial charge in [0.2, 0.25) is 5.91 Å². The first-order valence-corrected chi connectivity index (χ1v) is 7.88. The van der Waals surface area contributed by atoms with Crippen LogP contribution >= 0.6 is 23.4 Å². The molecule has 20 heavy (non-hydrogen) atoms. The van der Waals surface area contributed by atoms with Crippen molar-refractivity contribution in [3.05, 3.63) is 29.3 Å². The molecule has 0 unspecified atom stereocenters. The molecule has 1 fully saturated rings. The topological polar surface area (TPSA) is 58.6 Å². The molecular formula is C14H18ClNO3S. The lowest BCUT2D eigenvalue weighted by atomic mass is 9.91. The number of ether oxygens (including phenoxy) is 1. The molecule has 1 aliphatic rings. The summed E-state index contributed by atoms with van der Waals surface area (Å²) in [5.41, 5.74) is -0.518. The zero-order chi connectivity index (χ0) is 14.4. The Morgan fingerprint density at radius 2 is 2.00 bits per heavy atom. The number of rotatable bonds is 5. The van der Waals surface area contributed by atoms with E-state index in [2.05, 4.69) is 5.32 Å². The standard InChI is InChI=1S/C14H18ClNO3S/c15-11-1-3-12(4-2-11)20-9-13(18)16-14(10-17)5-7-19-8-6-14/h1-4,17H,5-10H2,(H,16,18). The largest absolute Gasteiger partial charge is 0.394 e. The quantitative estimate of drug-likeness (QED) is 0.817. The summed E-state index contributed by atoms with van der Waals surface area (Å²) in [4.78, 5) is 13.0. The first-order valence-electron chi connectivity index (χ1n) is 6.52. The molecular weight excluding hydrogens is 298 g/mol. The fourth-order valence-electron chi connectivity index (χ4n) is 2.10. The first-order chi connectivity index (χ1) is 9.63. The number of carbonyl (C=O) groups is 1. The van der Waals surface area contributed by atoms with E-state index in [9.17, 15) is 9.90 Å². The molecule has 0 aromatic heterocycles. The molecule has 1 heterocycles. The van der Waals surface area contributed by atoms with Gasteiger partial charge in [0.05, 0.1) is 17.9 Å². The molecule has 0 saturated carbocycles.